The van der Waals surface area contributed by atoms with Gasteiger partial charge in [-0.15, -0.1) is 11.3 Å². The maximum Gasteiger partial charge on any atom is 0.130 e. The van der Waals surface area contributed by atoms with Gasteiger partial charge in [0, 0.05) is 29.2 Å². The molecule has 2 N–H and O–H groups in total. The number of nitrogens with zero attached hydrogens (tertiary/aromatic N) is 2. The molecule has 0 saturated carbocycles. The maximum atomic E-state index is 6.16. The van der Waals surface area contributed by atoms with E-state index in [4.69, 9.17) is 5.73 Å². The van der Waals surface area contributed by atoms with Crippen molar-refractivity contribution in [2.24, 2.45) is 12.8 Å². The quantitative estimate of drug-likeness (QED) is 0.862. The molecule has 80 valence electrons. The van der Waals surface area contributed by atoms with E-state index in [0.717, 1.165) is 12.2 Å². The van der Waals surface area contributed by atoms with Crippen LogP contribution in [0.1, 0.15) is 28.5 Å². The molecule has 2 aromatic rings. The number of thiophene rings is 1. The van der Waals surface area contributed by atoms with Crippen LogP contribution in [0.25, 0.3) is 0 Å². The molecule has 1 atom stereocenters. The molecule has 0 saturated heterocycles. The molecular weight excluding hydrogens is 206 g/mol. The van der Waals surface area contributed by atoms with E-state index in [9.17, 15) is 0 Å². The zero-order valence-corrected chi connectivity index (χ0v) is 9.79. The smallest absolute Gasteiger partial charge is 0.130 e. The number of hydrogen-bond donors (Lipinski definition) is 1. The topological polar surface area (TPSA) is 43.8 Å². The first-order chi connectivity index (χ1) is 7.22. The highest BCUT2D eigenvalue weighted by molar-refractivity contribution is 7.12. The Kier molecular flexibility index (Phi) is 2.88. The maximum absolute atomic E-state index is 6.16. The molecule has 0 aliphatic rings. The average Bonchev–Trinajstić information content (AvgIpc) is 2.84. The number of imidazole rings is 1. The summed E-state index contributed by atoms with van der Waals surface area (Å²) in [5.41, 5.74) is 6.16. The van der Waals surface area contributed by atoms with Gasteiger partial charge in [0.25, 0.3) is 0 Å². The summed E-state index contributed by atoms with van der Waals surface area (Å²) in [6, 6.07) is 4.14. The number of aromatic nitrogens is 2. The lowest BCUT2D eigenvalue weighted by molar-refractivity contribution is 0.726. The molecule has 0 aromatic carbocycles. The van der Waals surface area contributed by atoms with E-state index in [-0.39, 0.29) is 6.04 Å². The van der Waals surface area contributed by atoms with Gasteiger partial charge in [0.15, 0.2) is 0 Å². The van der Waals surface area contributed by atoms with E-state index in [1.54, 1.807) is 17.5 Å². The van der Waals surface area contributed by atoms with Crippen LogP contribution in [-0.4, -0.2) is 9.55 Å². The summed E-state index contributed by atoms with van der Waals surface area (Å²) in [5.74, 6) is 0.916. The standard InChI is InChI=1S/C11H15N3S/c1-3-8-4-5-9(15-8)10(12)11-13-6-7-14(11)2/h4-7,10H,3,12H2,1-2H3. The fraction of sp³-hybridized carbons (Fsp3) is 0.364. The van der Waals surface area contributed by atoms with Crippen LogP contribution in [0.2, 0.25) is 0 Å². The summed E-state index contributed by atoms with van der Waals surface area (Å²) in [7, 11) is 1.97. The van der Waals surface area contributed by atoms with Crippen LogP contribution in [0, 0.1) is 0 Å². The van der Waals surface area contributed by atoms with Crippen molar-refractivity contribution >= 4 is 11.3 Å². The Bertz CT molecular complexity index is 444. The molecule has 2 heterocycles. The normalized spacial score (nSPS) is 13.0. The Balaban J connectivity index is 2.28. The van der Waals surface area contributed by atoms with Gasteiger partial charge in [-0.3, -0.25) is 0 Å². The van der Waals surface area contributed by atoms with Crippen molar-refractivity contribution in [1.82, 2.24) is 9.55 Å². The molecule has 0 spiro atoms. The predicted molar refractivity (Wildman–Crippen MR) is 62.9 cm³/mol. The van der Waals surface area contributed by atoms with E-state index >= 15 is 0 Å². The summed E-state index contributed by atoms with van der Waals surface area (Å²) in [6.45, 7) is 2.15. The van der Waals surface area contributed by atoms with Crippen LogP contribution < -0.4 is 5.73 Å². The summed E-state index contributed by atoms with van der Waals surface area (Å²) in [5, 5.41) is 0. The molecular formula is C11H15N3S. The molecule has 0 amide bonds. The Morgan fingerprint density at radius 1 is 1.53 bits per heavy atom. The minimum absolute atomic E-state index is 0.102. The molecule has 0 fully saturated rings. The van der Waals surface area contributed by atoms with Crippen LogP contribution in [0.5, 0.6) is 0 Å². The minimum atomic E-state index is -0.102. The third-order valence-corrected chi connectivity index (χ3v) is 3.79. The summed E-state index contributed by atoms with van der Waals surface area (Å²) < 4.78 is 1.97. The zero-order valence-electron chi connectivity index (χ0n) is 8.97. The first kappa shape index (κ1) is 10.4. The molecule has 3 nitrogen and oxygen atoms in total. The van der Waals surface area contributed by atoms with Crippen molar-refractivity contribution < 1.29 is 0 Å². The van der Waals surface area contributed by atoms with Crippen molar-refractivity contribution in [1.29, 1.82) is 0 Å². The van der Waals surface area contributed by atoms with E-state index < -0.39 is 0 Å². The Hall–Kier alpha value is -1.13. The first-order valence-electron chi connectivity index (χ1n) is 5.03. The predicted octanol–water partition coefficient (Wildman–Crippen LogP) is 2.09. The lowest BCUT2D eigenvalue weighted by atomic mass is 10.2. The van der Waals surface area contributed by atoms with Gasteiger partial charge in [0.1, 0.15) is 5.82 Å². The molecule has 0 aliphatic carbocycles. The largest absolute Gasteiger partial charge is 0.336 e. The van der Waals surface area contributed by atoms with Gasteiger partial charge < -0.3 is 10.3 Å². The van der Waals surface area contributed by atoms with Crippen molar-refractivity contribution in [2.75, 3.05) is 0 Å². The van der Waals surface area contributed by atoms with Crippen LogP contribution in [0.3, 0.4) is 0 Å². The van der Waals surface area contributed by atoms with Gasteiger partial charge in [0.2, 0.25) is 0 Å². The summed E-state index contributed by atoms with van der Waals surface area (Å²) in [4.78, 5) is 6.82. The number of rotatable bonds is 3. The highest BCUT2D eigenvalue weighted by atomic mass is 32.1. The van der Waals surface area contributed by atoms with E-state index in [0.29, 0.717) is 0 Å². The third-order valence-electron chi connectivity index (χ3n) is 2.47. The zero-order chi connectivity index (χ0) is 10.8. The average molecular weight is 221 g/mol. The fourth-order valence-corrected chi connectivity index (χ4v) is 2.51. The third kappa shape index (κ3) is 1.96. The molecule has 0 aliphatic heterocycles. The van der Waals surface area contributed by atoms with Crippen molar-refractivity contribution in [3.05, 3.63) is 40.1 Å². The highest BCUT2D eigenvalue weighted by Crippen LogP contribution is 2.25. The SMILES string of the molecule is CCc1ccc(C(N)c2nccn2C)s1. The van der Waals surface area contributed by atoms with E-state index in [1.165, 1.54) is 9.75 Å². The Labute approximate surface area is 93.6 Å². The second-order valence-corrected chi connectivity index (χ2v) is 4.73. The van der Waals surface area contributed by atoms with Gasteiger partial charge in [-0.2, -0.15) is 0 Å². The lowest BCUT2D eigenvalue weighted by Crippen LogP contribution is -2.15. The van der Waals surface area contributed by atoms with Crippen molar-refractivity contribution in [2.45, 2.75) is 19.4 Å². The highest BCUT2D eigenvalue weighted by Gasteiger charge is 2.14. The van der Waals surface area contributed by atoms with Gasteiger partial charge in [-0.25, -0.2) is 4.98 Å². The van der Waals surface area contributed by atoms with E-state index in [2.05, 4.69) is 24.0 Å². The van der Waals surface area contributed by atoms with Crippen LogP contribution in [0.15, 0.2) is 24.5 Å². The Morgan fingerprint density at radius 2 is 2.33 bits per heavy atom. The Morgan fingerprint density at radius 3 is 2.87 bits per heavy atom. The monoisotopic (exact) mass is 221 g/mol. The minimum Gasteiger partial charge on any atom is -0.336 e. The van der Waals surface area contributed by atoms with Crippen LogP contribution in [0.4, 0.5) is 0 Å². The van der Waals surface area contributed by atoms with Gasteiger partial charge in [-0.1, -0.05) is 6.92 Å². The van der Waals surface area contributed by atoms with Crippen molar-refractivity contribution in [3.8, 4) is 0 Å². The number of nitrogens with two attached hydrogens (primary N) is 1. The second-order valence-electron chi connectivity index (χ2n) is 3.53. The summed E-state index contributed by atoms with van der Waals surface area (Å²) >= 11 is 1.77. The summed E-state index contributed by atoms with van der Waals surface area (Å²) in [6.07, 6.45) is 4.77. The molecule has 15 heavy (non-hydrogen) atoms. The van der Waals surface area contributed by atoms with Crippen molar-refractivity contribution in [3.63, 3.8) is 0 Å². The second kappa shape index (κ2) is 4.16. The molecule has 1 unspecified atom stereocenters. The molecule has 0 bridgehead atoms. The number of aryl methyl sites for hydroxylation is 2. The van der Waals surface area contributed by atoms with Crippen LogP contribution >= 0.6 is 11.3 Å². The first-order valence-corrected chi connectivity index (χ1v) is 5.85. The molecule has 2 rings (SSSR count). The van der Waals surface area contributed by atoms with Gasteiger partial charge >= 0.3 is 0 Å². The van der Waals surface area contributed by atoms with E-state index in [1.807, 2.05) is 17.8 Å². The molecule has 4 heteroatoms. The van der Waals surface area contributed by atoms with Gasteiger partial charge in [-0.05, 0) is 18.6 Å². The van der Waals surface area contributed by atoms with Gasteiger partial charge in [0.05, 0.1) is 6.04 Å². The van der Waals surface area contributed by atoms with Crippen LogP contribution in [-0.2, 0) is 13.5 Å². The molecule has 2 aromatic heterocycles. The number of hydrogen-bond acceptors (Lipinski definition) is 3. The molecule has 0 radical (unpaired) electrons. The lowest BCUT2D eigenvalue weighted by Gasteiger charge is -2.08. The fourth-order valence-electron chi connectivity index (χ4n) is 1.56.